The molecular formula is C7H13N3O2S. The van der Waals surface area contributed by atoms with Crippen molar-refractivity contribution in [2.45, 2.75) is 26.4 Å². The highest BCUT2D eigenvalue weighted by molar-refractivity contribution is 7.09. The van der Waals surface area contributed by atoms with Crippen LogP contribution in [0.15, 0.2) is 0 Å². The molecular weight excluding hydrogens is 190 g/mol. The van der Waals surface area contributed by atoms with Crippen molar-refractivity contribution in [3.05, 3.63) is 5.82 Å². The van der Waals surface area contributed by atoms with Gasteiger partial charge in [-0.15, -0.1) is 0 Å². The Morgan fingerprint density at radius 1 is 1.62 bits per heavy atom. The SMILES string of the molecule is Cc1nsc(NOCC(C)(C)O)n1. The molecule has 0 aliphatic rings. The summed E-state index contributed by atoms with van der Waals surface area (Å²) in [6, 6.07) is 0. The summed E-state index contributed by atoms with van der Waals surface area (Å²) in [5.41, 5.74) is 1.77. The summed E-state index contributed by atoms with van der Waals surface area (Å²) in [6.45, 7) is 5.34. The molecule has 0 unspecified atom stereocenters. The van der Waals surface area contributed by atoms with Gasteiger partial charge in [0.1, 0.15) is 12.4 Å². The molecule has 0 amide bonds. The summed E-state index contributed by atoms with van der Waals surface area (Å²) in [6.07, 6.45) is 0. The molecule has 6 heteroatoms. The van der Waals surface area contributed by atoms with Crippen LogP contribution in [-0.2, 0) is 4.84 Å². The van der Waals surface area contributed by atoms with Crippen LogP contribution in [0.2, 0.25) is 0 Å². The zero-order chi connectivity index (χ0) is 9.90. The molecule has 1 aromatic rings. The zero-order valence-electron chi connectivity index (χ0n) is 7.87. The van der Waals surface area contributed by atoms with Crippen LogP contribution in [0.1, 0.15) is 19.7 Å². The minimum atomic E-state index is -0.841. The Balaban J connectivity index is 2.28. The lowest BCUT2D eigenvalue weighted by Crippen LogP contribution is -2.27. The highest BCUT2D eigenvalue weighted by atomic mass is 32.1. The second-order valence-corrected chi connectivity index (χ2v) is 4.10. The Bertz CT molecular complexity index is 269. The first-order valence-corrected chi connectivity index (χ1v) is 4.65. The average Bonchev–Trinajstić information content (AvgIpc) is 2.33. The molecule has 0 bridgehead atoms. The zero-order valence-corrected chi connectivity index (χ0v) is 8.68. The van der Waals surface area contributed by atoms with Crippen LogP contribution in [0.4, 0.5) is 5.13 Å². The van der Waals surface area contributed by atoms with Crippen LogP contribution in [0.3, 0.4) is 0 Å². The van der Waals surface area contributed by atoms with Gasteiger partial charge >= 0.3 is 0 Å². The van der Waals surface area contributed by atoms with Gasteiger partial charge in [0, 0.05) is 11.5 Å². The normalized spacial score (nSPS) is 11.7. The fraction of sp³-hybridized carbons (Fsp3) is 0.714. The van der Waals surface area contributed by atoms with E-state index in [2.05, 4.69) is 14.8 Å². The van der Waals surface area contributed by atoms with Crippen LogP contribution in [-0.4, -0.2) is 26.7 Å². The summed E-state index contributed by atoms with van der Waals surface area (Å²) in [4.78, 5) is 9.03. The van der Waals surface area contributed by atoms with Crippen LogP contribution in [0.5, 0.6) is 0 Å². The first kappa shape index (κ1) is 10.4. The minimum absolute atomic E-state index is 0.200. The Kier molecular flexibility index (Phi) is 3.18. The summed E-state index contributed by atoms with van der Waals surface area (Å²) in [7, 11) is 0. The number of aliphatic hydroxyl groups is 1. The summed E-state index contributed by atoms with van der Waals surface area (Å²) >= 11 is 1.22. The number of hydrogen-bond acceptors (Lipinski definition) is 6. The quantitative estimate of drug-likeness (QED) is 0.713. The molecule has 0 fully saturated rings. The molecule has 1 aromatic heterocycles. The molecule has 5 nitrogen and oxygen atoms in total. The lowest BCUT2D eigenvalue weighted by atomic mass is 10.2. The molecule has 0 atom stereocenters. The standard InChI is InChI=1S/C7H13N3O2S/c1-5-8-6(13-10-5)9-12-4-7(2,3)11/h11H,4H2,1-3H3,(H,8,9,10). The third-order valence-electron chi connectivity index (χ3n) is 1.11. The van der Waals surface area contributed by atoms with Crippen LogP contribution >= 0.6 is 11.5 Å². The van der Waals surface area contributed by atoms with Crippen molar-refractivity contribution < 1.29 is 9.94 Å². The molecule has 74 valence electrons. The molecule has 2 N–H and O–H groups in total. The molecule has 1 heterocycles. The number of nitrogens with one attached hydrogen (secondary N) is 1. The third-order valence-corrected chi connectivity index (χ3v) is 1.82. The molecule has 13 heavy (non-hydrogen) atoms. The van der Waals surface area contributed by atoms with Crippen molar-refractivity contribution >= 4 is 16.7 Å². The van der Waals surface area contributed by atoms with Crippen molar-refractivity contribution in [1.82, 2.24) is 9.36 Å². The molecule has 0 aliphatic heterocycles. The van der Waals surface area contributed by atoms with Gasteiger partial charge in [0.25, 0.3) is 0 Å². The lowest BCUT2D eigenvalue weighted by molar-refractivity contribution is -0.00282. The number of hydrogen-bond donors (Lipinski definition) is 2. The minimum Gasteiger partial charge on any atom is -0.388 e. The second-order valence-electron chi connectivity index (χ2n) is 3.35. The van der Waals surface area contributed by atoms with Crippen LogP contribution < -0.4 is 5.48 Å². The second kappa shape index (κ2) is 3.99. The number of anilines is 1. The van der Waals surface area contributed by atoms with Gasteiger partial charge in [-0.3, -0.25) is 4.84 Å². The molecule has 0 spiro atoms. The largest absolute Gasteiger partial charge is 0.388 e. The maximum atomic E-state index is 9.30. The molecule has 1 rings (SSSR count). The maximum absolute atomic E-state index is 9.30. The van der Waals surface area contributed by atoms with E-state index in [1.165, 1.54) is 11.5 Å². The van der Waals surface area contributed by atoms with Gasteiger partial charge < -0.3 is 5.11 Å². The number of nitrogens with zero attached hydrogens (tertiary/aromatic N) is 2. The fourth-order valence-electron chi connectivity index (χ4n) is 0.613. The molecule has 0 saturated carbocycles. The Morgan fingerprint density at radius 3 is 2.77 bits per heavy atom. The van der Waals surface area contributed by atoms with Gasteiger partial charge in [0.15, 0.2) is 0 Å². The van der Waals surface area contributed by atoms with Gasteiger partial charge in [0.2, 0.25) is 5.13 Å². The summed E-state index contributed by atoms with van der Waals surface area (Å²) < 4.78 is 3.96. The van der Waals surface area contributed by atoms with E-state index in [-0.39, 0.29) is 6.61 Å². The Morgan fingerprint density at radius 2 is 2.31 bits per heavy atom. The third kappa shape index (κ3) is 4.16. The van der Waals surface area contributed by atoms with Gasteiger partial charge in [0.05, 0.1) is 5.60 Å². The lowest BCUT2D eigenvalue weighted by Gasteiger charge is -2.15. The monoisotopic (exact) mass is 203 g/mol. The highest BCUT2D eigenvalue weighted by Crippen LogP contribution is 2.10. The molecule has 0 saturated heterocycles. The Labute approximate surface area is 80.9 Å². The predicted octanol–water partition coefficient (Wildman–Crippen LogP) is 0.961. The first-order valence-electron chi connectivity index (χ1n) is 3.88. The summed E-state index contributed by atoms with van der Waals surface area (Å²) in [5.74, 6) is 0.708. The Hall–Kier alpha value is -0.720. The van der Waals surface area contributed by atoms with Crippen LogP contribution in [0.25, 0.3) is 0 Å². The predicted molar refractivity (Wildman–Crippen MR) is 50.5 cm³/mol. The van der Waals surface area contributed by atoms with Gasteiger partial charge in [-0.05, 0) is 20.8 Å². The topological polar surface area (TPSA) is 67.3 Å². The fourth-order valence-corrected chi connectivity index (χ4v) is 1.14. The average molecular weight is 203 g/mol. The van der Waals surface area contributed by atoms with E-state index in [1.54, 1.807) is 20.8 Å². The van der Waals surface area contributed by atoms with Gasteiger partial charge in [-0.2, -0.15) is 4.37 Å². The van der Waals surface area contributed by atoms with Crippen molar-refractivity contribution in [3.8, 4) is 0 Å². The van der Waals surface area contributed by atoms with E-state index in [4.69, 9.17) is 4.84 Å². The number of aromatic nitrogens is 2. The maximum Gasteiger partial charge on any atom is 0.226 e. The van der Waals surface area contributed by atoms with E-state index >= 15 is 0 Å². The smallest absolute Gasteiger partial charge is 0.226 e. The highest BCUT2D eigenvalue weighted by Gasteiger charge is 2.12. The van der Waals surface area contributed by atoms with Crippen molar-refractivity contribution in [3.63, 3.8) is 0 Å². The van der Waals surface area contributed by atoms with Crippen molar-refractivity contribution in [2.24, 2.45) is 0 Å². The van der Waals surface area contributed by atoms with Crippen LogP contribution in [0, 0.1) is 6.92 Å². The van der Waals surface area contributed by atoms with E-state index in [9.17, 15) is 5.11 Å². The van der Waals surface area contributed by atoms with Crippen molar-refractivity contribution in [2.75, 3.05) is 12.1 Å². The number of rotatable bonds is 4. The molecule has 0 aromatic carbocycles. The molecule has 0 radical (unpaired) electrons. The first-order chi connectivity index (χ1) is 5.97. The number of aryl methyl sites for hydroxylation is 1. The van der Waals surface area contributed by atoms with E-state index < -0.39 is 5.60 Å². The van der Waals surface area contributed by atoms with Crippen molar-refractivity contribution in [1.29, 1.82) is 0 Å². The van der Waals surface area contributed by atoms with E-state index in [0.29, 0.717) is 11.0 Å². The summed E-state index contributed by atoms with van der Waals surface area (Å²) in [5, 5.41) is 9.90. The van der Waals surface area contributed by atoms with Gasteiger partial charge in [-0.1, -0.05) is 0 Å². The van der Waals surface area contributed by atoms with E-state index in [0.717, 1.165) is 0 Å². The van der Waals surface area contributed by atoms with E-state index in [1.807, 2.05) is 0 Å². The molecule has 0 aliphatic carbocycles. The van der Waals surface area contributed by atoms with Gasteiger partial charge in [-0.25, -0.2) is 10.5 Å².